The lowest BCUT2D eigenvalue weighted by Crippen LogP contribution is -2.13. The Morgan fingerprint density at radius 1 is 1.06 bits per heavy atom. The van der Waals surface area contributed by atoms with E-state index < -0.39 is 0 Å². The molecule has 0 fully saturated rings. The highest BCUT2D eigenvalue weighted by Gasteiger charge is 2.07. The zero-order valence-corrected chi connectivity index (χ0v) is 19.7. The first kappa shape index (κ1) is 25.9. The van der Waals surface area contributed by atoms with E-state index in [9.17, 15) is 4.79 Å². The molecular weight excluding hydrogens is 442 g/mol. The van der Waals surface area contributed by atoms with Crippen molar-refractivity contribution in [2.75, 3.05) is 37.9 Å². The number of benzene rings is 2. The van der Waals surface area contributed by atoms with Crippen LogP contribution in [-0.2, 0) is 11.2 Å². The smallest absolute Gasteiger partial charge is 0.224 e. The lowest BCUT2D eigenvalue weighted by molar-refractivity contribution is -0.116. The van der Waals surface area contributed by atoms with Crippen LogP contribution in [0.4, 0.5) is 11.6 Å². The molecule has 0 saturated carbocycles. The number of amides is 1. The number of carbonyl (C=O) groups excluding carboxylic acids is 1. The molecule has 0 atom stereocenters. The van der Waals surface area contributed by atoms with Gasteiger partial charge in [-0.25, -0.2) is 9.97 Å². The molecule has 9 heteroatoms. The average Bonchev–Trinajstić information content (AvgIpc) is 2.83. The van der Waals surface area contributed by atoms with Crippen LogP contribution >= 0.6 is 12.4 Å². The fourth-order valence-electron chi connectivity index (χ4n) is 3.20. The maximum atomic E-state index is 12.0. The molecule has 0 aliphatic rings. The molecule has 0 aliphatic carbocycles. The van der Waals surface area contributed by atoms with Crippen LogP contribution in [0.25, 0.3) is 11.3 Å². The second kappa shape index (κ2) is 13.2. The number of nitrogens with two attached hydrogens (primary N) is 1. The van der Waals surface area contributed by atoms with Crippen LogP contribution in [-0.4, -0.2) is 43.2 Å². The topological polar surface area (TPSA) is 111 Å². The van der Waals surface area contributed by atoms with Gasteiger partial charge in [0, 0.05) is 30.4 Å². The Bertz CT molecular complexity index is 1050. The van der Waals surface area contributed by atoms with Gasteiger partial charge in [0.05, 0.1) is 19.9 Å². The quantitative estimate of drug-likeness (QED) is 0.388. The lowest BCUT2D eigenvalue weighted by Gasteiger charge is -2.11. The Kier molecular flexibility index (Phi) is 10.4. The summed E-state index contributed by atoms with van der Waals surface area (Å²) in [6, 6.07) is 15.3. The monoisotopic (exact) mass is 471 g/mol. The first-order valence-corrected chi connectivity index (χ1v) is 10.5. The van der Waals surface area contributed by atoms with Crippen molar-refractivity contribution in [1.29, 1.82) is 0 Å². The molecule has 3 aromatic rings. The van der Waals surface area contributed by atoms with Crippen LogP contribution in [0.15, 0.2) is 54.7 Å². The fourth-order valence-corrected chi connectivity index (χ4v) is 3.20. The van der Waals surface area contributed by atoms with Crippen molar-refractivity contribution in [3.05, 3.63) is 60.3 Å². The van der Waals surface area contributed by atoms with Crippen molar-refractivity contribution in [2.24, 2.45) is 5.73 Å². The number of nitrogens with zero attached hydrogens (tertiary/aromatic N) is 2. The van der Waals surface area contributed by atoms with Gasteiger partial charge in [-0.05, 0) is 55.3 Å². The second-order valence-electron chi connectivity index (χ2n) is 7.15. The molecule has 0 saturated heterocycles. The van der Waals surface area contributed by atoms with E-state index in [4.69, 9.17) is 15.2 Å². The van der Waals surface area contributed by atoms with Crippen LogP contribution in [0.1, 0.15) is 18.4 Å². The lowest BCUT2D eigenvalue weighted by atomic mass is 10.1. The molecule has 1 heterocycles. The summed E-state index contributed by atoms with van der Waals surface area (Å²) in [7, 11) is 3.24. The van der Waals surface area contributed by atoms with Crippen molar-refractivity contribution in [2.45, 2.75) is 19.3 Å². The van der Waals surface area contributed by atoms with Crippen LogP contribution in [0, 0.1) is 0 Å². The third kappa shape index (κ3) is 7.62. The van der Waals surface area contributed by atoms with Gasteiger partial charge in [0.25, 0.3) is 0 Å². The first-order chi connectivity index (χ1) is 15.6. The van der Waals surface area contributed by atoms with Crippen molar-refractivity contribution < 1.29 is 14.3 Å². The number of carbonyl (C=O) groups is 1. The largest absolute Gasteiger partial charge is 0.493 e. The third-order valence-corrected chi connectivity index (χ3v) is 4.85. The van der Waals surface area contributed by atoms with Gasteiger partial charge in [0.2, 0.25) is 11.9 Å². The molecule has 0 spiro atoms. The maximum absolute atomic E-state index is 12.0. The van der Waals surface area contributed by atoms with Gasteiger partial charge in [-0.3, -0.25) is 4.79 Å². The highest BCUT2D eigenvalue weighted by atomic mass is 35.5. The van der Waals surface area contributed by atoms with Gasteiger partial charge >= 0.3 is 0 Å². The summed E-state index contributed by atoms with van der Waals surface area (Å²) in [6.07, 6.45) is 3.56. The molecular formula is C24H30ClN5O3. The number of nitrogens with one attached hydrogen (secondary N) is 2. The molecule has 1 aromatic heterocycles. The minimum absolute atomic E-state index is 0. The van der Waals surface area contributed by atoms with Crippen molar-refractivity contribution in [1.82, 2.24) is 9.97 Å². The van der Waals surface area contributed by atoms with E-state index in [2.05, 4.69) is 20.6 Å². The molecule has 0 radical (unpaired) electrons. The van der Waals surface area contributed by atoms with Gasteiger partial charge < -0.3 is 25.8 Å². The summed E-state index contributed by atoms with van der Waals surface area (Å²) in [5.74, 6) is 1.91. The fraction of sp³-hybridized carbons (Fsp3) is 0.292. The predicted molar refractivity (Wildman–Crippen MR) is 133 cm³/mol. The highest BCUT2D eigenvalue weighted by molar-refractivity contribution is 5.91. The average molecular weight is 472 g/mol. The molecule has 1 amide bonds. The zero-order valence-electron chi connectivity index (χ0n) is 18.8. The molecule has 2 aromatic carbocycles. The van der Waals surface area contributed by atoms with Gasteiger partial charge in [0.1, 0.15) is 0 Å². The van der Waals surface area contributed by atoms with E-state index in [-0.39, 0.29) is 18.3 Å². The number of methoxy groups -OCH3 is 2. The molecule has 176 valence electrons. The van der Waals surface area contributed by atoms with Crippen molar-refractivity contribution >= 4 is 29.9 Å². The van der Waals surface area contributed by atoms with E-state index >= 15 is 0 Å². The minimum Gasteiger partial charge on any atom is -0.493 e. The van der Waals surface area contributed by atoms with Crippen LogP contribution in [0.2, 0.25) is 0 Å². The number of anilines is 2. The molecule has 3 rings (SSSR count). The second-order valence-corrected chi connectivity index (χ2v) is 7.15. The molecule has 4 N–H and O–H groups in total. The zero-order chi connectivity index (χ0) is 22.8. The van der Waals surface area contributed by atoms with E-state index in [1.165, 1.54) is 0 Å². The summed E-state index contributed by atoms with van der Waals surface area (Å²) >= 11 is 0. The number of aromatic nitrogens is 2. The van der Waals surface area contributed by atoms with Crippen LogP contribution in [0.3, 0.4) is 0 Å². The molecule has 8 nitrogen and oxygen atoms in total. The Labute approximate surface area is 200 Å². The highest BCUT2D eigenvalue weighted by Crippen LogP contribution is 2.27. The number of hydrogen-bond acceptors (Lipinski definition) is 7. The molecule has 0 unspecified atom stereocenters. The van der Waals surface area contributed by atoms with Crippen molar-refractivity contribution in [3.8, 4) is 22.8 Å². The number of halogens is 1. The standard InChI is InChI=1S/C24H29N5O3.ClH/c1-31-21-9-8-17(15-22(21)32-2)10-13-26-24-27-14-11-20(29-24)18-5-3-6-19(16-18)28-23(30)7-4-12-25;/h3,5-6,8-9,11,14-16H,4,7,10,12-13,25H2,1-2H3,(H,28,30)(H,26,27,29);1H. The Morgan fingerprint density at radius 3 is 2.64 bits per heavy atom. The Hall–Kier alpha value is -3.36. The van der Waals surface area contributed by atoms with Crippen LogP contribution < -0.4 is 25.8 Å². The third-order valence-electron chi connectivity index (χ3n) is 4.85. The SMILES string of the molecule is COc1ccc(CCNc2nccc(-c3cccc(NC(=O)CCCN)c3)n2)cc1OC.Cl. The summed E-state index contributed by atoms with van der Waals surface area (Å²) in [6.45, 7) is 1.16. The summed E-state index contributed by atoms with van der Waals surface area (Å²) in [4.78, 5) is 20.9. The number of hydrogen-bond donors (Lipinski definition) is 3. The van der Waals surface area contributed by atoms with E-state index in [0.717, 1.165) is 28.9 Å². The van der Waals surface area contributed by atoms with Gasteiger partial charge in [-0.2, -0.15) is 0 Å². The van der Waals surface area contributed by atoms with E-state index in [0.29, 0.717) is 43.4 Å². The van der Waals surface area contributed by atoms with Gasteiger partial charge in [-0.15, -0.1) is 12.4 Å². The predicted octanol–water partition coefficient (Wildman–Crippen LogP) is 3.91. The van der Waals surface area contributed by atoms with E-state index in [1.807, 2.05) is 48.5 Å². The molecule has 0 bridgehead atoms. The Balaban J connectivity index is 0.00000385. The first-order valence-electron chi connectivity index (χ1n) is 10.5. The van der Waals surface area contributed by atoms with Gasteiger partial charge in [0.15, 0.2) is 11.5 Å². The number of ether oxygens (including phenoxy) is 2. The van der Waals surface area contributed by atoms with Gasteiger partial charge in [-0.1, -0.05) is 18.2 Å². The van der Waals surface area contributed by atoms with Crippen LogP contribution in [0.5, 0.6) is 11.5 Å². The molecule has 33 heavy (non-hydrogen) atoms. The maximum Gasteiger partial charge on any atom is 0.224 e. The summed E-state index contributed by atoms with van der Waals surface area (Å²) < 4.78 is 10.6. The molecule has 0 aliphatic heterocycles. The minimum atomic E-state index is -0.0483. The normalized spacial score (nSPS) is 10.2. The summed E-state index contributed by atoms with van der Waals surface area (Å²) in [5.41, 5.74) is 8.97. The van der Waals surface area contributed by atoms with E-state index in [1.54, 1.807) is 20.4 Å². The van der Waals surface area contributed by atoms with Crippen molar-refractivity contribution in [3.63, 3.8) is 0 Å². The number of rotatable bonds is 11. The summed E-state index contributed by atoms with van der Waals surface area (Å²) in [5, 5.41) is 6.16. The Morgan fingerprint density at radius 2 is 1.88 bits per heavy atom.